The molecule has 0 spiro atoms. The Kier molecular flexibility index (Phi) is 3.87. The van der Waals surface area contributed by atoms with Gasteiger partial charge in [0.25, 0.3) is 0 Å². The van der Waals surface area contributed by atoms with Crippen LogP contribution in [0.5, 0.6) is 0 Å². The van der Waals surface area contributed by atoms with Gasteiger partial charge in [-0.3, -0.25) is 0 Å². The number of nitriles is 1. The van der Waals surface area contributed by atoms with E-state index in [-0.39, 0.29) is 6.03 Å². The Balaban J connectivity index is 2.09. The number of amides is 2. The zero-order valence-electron chi connectivity index (χ0n) is 11.0. The van der Waals surface area contributed by atoms with E-state index in [2.05, 4.69) is 10.6 Å². The molecular formula is C15H14N4O. The topological polar surface area (TPSA) is 90.9 Å². The first-order valence-corrected chi connectivity index (χ1v) is 6.03. The first-order valence-electron chi connectivity index (χ1n) is 6.03. The predicted molar refractivity (Wildman–Crippen MR) is 79.4 cm³/mol. The van der Waals surface area contributed by atoms with Gasteiger partial charge in [0.05, 0.1) is 11.6 Å². The Bertz CT molecular complexity index is 689. The number of carbonyl (C=O) groups excluding carboxylic acids is 1. The zero-order valence-corrected chi connectivity index (χ0v) is 11.0. The van der Waals surface area contributed by atoms with Gasteiger partial charge in [-0.1, -0.05) is 12.1 Å². The number of nitrogens with two attached hydrogens (primary N) is 1. The van der Waals surface area contributed by atoms with E-state index in [9.17, 15) is 4.79 Å². The SMILES string of the molecule is Cc1c(N)cccc1NC(=O)Nc1cccc(C#N)c1. The van der Waals surface area contributed by atoms with Gasteiger partial charge in [0, 0.05) is 17.1 Å². The summed E-state index contributed by atoms with van der Waals surface area (Å²) in [5.74, 6) is 0. The molecule has 0 aliphatic rings. The molecule has 0 saturated heterocycles. The van der Waals surface area contributed by atoms with Crippen LogP contribution in [0.1, 0.15) is 11.1 Å². The highest BCUT2D eigenvalue weighted by Gasteiger charge is 2.06. The van der Waals surface area contributed by atoms with Crippen molar-refractivity contribution >= 4 is 23.1 Å². The molecule has 0 aromatic heterocycles. The van der Waals surface area contributed by atoms with Gasteiger partial charge in [-0.05, 0) is 42.8 Å². The molecule has 2 rings (SSSR count). The summed E-state index contributed by atoms with van der Waals surface area (Å²) in [5, 5.41) is 14.2. The fraction of sp³-hybridized carbons (Fsp3) is 0.0667. The summed E-state index contributed by atoms with van der Waals surface area (Å²) in [6.45, 7) is 1.83. The van der Waals surface area contributed by atoms with Crippen LogP contribution in [-0.4, -0.2) is 6.03 Å². The van der Waals surface area contributed by atoms with E-state index in [4.69, 9.17) is 11.0 Å². The summed E-state index contributed by atoms with van der Waals surface area (Å²) >= 11 is 0. The molecule has 0 atom stereocenters. The highest BCUT2D eigenvalue weighted by atomic mass is 16.2. The van der Waals surface area contributed by atoms with Crippen LogP contribution in [0.15, 0.2) is 42.5 Å². The Morgan fingerprint density at radius 1 is 1.20 bits per heavy atom. The molecule has 2 aromatic rings. The van der Waals surface area contributed by atoms with E-state index in [1.54, 1.807) is 42.5 Å². The summed E-state index contributed by atoms with van der Waals surface area (Å²) in [4.78, 5) is 11.9. The molecule has 0 heterocycles. The van der Waals surface area contributed by atoms with Gasteiger partial charge in [-0.15, -0.1) is 0 Å². The van der Waals surface area contributed by atoms with Crippen LogP contribution >= 0.6 is 0 Å². The lowest BCUT2D eigenvalue weighted by Crippen LogP contribution is -2.20. The summed E-state index contributed by atoms with van der Waals surface area (Å²) in [6, 6.07) is 13.7. The molecule has 0 radical (unpaired) electrons. The molecule has 0 aliphatic heterocycles. The van der Waals surface area contributed by atoms with E-state index in [1.165, 1.54) is 0 Å². The second-order valence-electron chi connectivity index (χ2n) is 4.29. The van der Waals surface area contributed by atoms with Crippen molar-refractivity contribution in [2.75, 3.05) is 16.4 Å². The average Bonchev–Trinajstić information content (AvgIpc) is 2.44. The maximum Gasteiger partial charge on any atom is 0.323 e. The molecule has 0 saturated carbocycles. The van der Waals surface area contributed by atoms with Crippen LogP contribution in [0.2, 0.25) is 0 Å². The van der Waals surface area contributed by atoms with Crippen molar-refractivity contribution in [3.63, 3.8) is 0 Å². The molecule has 20 heavy (non-hydrogen) atoms. The van der Waals surface area contributed by atoms with Crippen LogP contribution in [0.4, 0.5) is 21.9 Å². The Labute approximate surface area is 117 Å². The minimum absolute atomic E-state index is 0.381. The number of nitrogens with zero attached hydrogens (tertiary/aromatic N) is 1. The fourth-order valence-electron chi connectivity index (χ4n) is 1.74. The molecule has 5 nitrogen and oxygen atoms in total. The van der Waals surface area contributed by atoms with Gasteiger partial charge in [0.2, 0.25) is 0 Å². The molecule has 4 N–H and O–H groups in total. The largest absolute Gasteiger partial charge is 0.398 e. The third-order valence-electron chi connectivity index (χ3n) is 2.87. The fourth-order valence-corrected chi connectivity index (χ4v) is 1.74. The number of rotatable bonds is 2. The van der Waals surface area contributed by atoms with Crippen molar-refractivity contribution < 1.29 is 4.79 Å². The highest BCUT2D eigenvalue weighted by molar-refractivity contribution is 6.00. The number of carbonyl (C=O) groups is 1. The average molecular weight is 266 g/mol. The van der Waals surface area contributed by atoms with E-state index in [0.29, 0.717) is 22.6 Å². The summed E-state index contributed by atoms with van der Waals surface area (Å²) in [5.41, 5.74) is 8.91. The number of nitrogens with one attached hydrogen (secondary N) is 2. The van der Waals surface area contributed by atoms with E-state index in [1.807, 2.05) is 13.0 Å². The summed E-state index contributed by atoms with van der Waals surface area (Å²) in [6.07, 6.45) is 0. The molecule has 0 unspecified atom stereocenters. The minimum Gasteiger partial charge on any atom is -0.398 e. The number of benzene rings is 2. The molecule has 2 amide bonds. The third kappa shape index (κ3) is 3.06. The molecule has 5 heteroatoms. The van der Waals surface area contributed by atoms with Crippen LogP contribution in [0.3, 0.4) is 0 Å². The third-order valence-corrected chi connectivity index (χ3v) is 2.87. The summed E-state index contributed by atoms with van der Waals surface area (Å²) in [7, 11) is 0. The first kappa shape index (κ1) is 13.4. The lowest BCUT2D eigenvalue weighted by Gasteiger charge is -2.11. The molecular weight excluding hydrogens is 252 g/mol. The quantitative estimate of drug-likeness (QED) is 0.729. The maximum absolute atomic E-state index is 11.9. The summed E-state index contributed by atoms with van der Waals surface area (Å²) < 4.78 is 0. The number of urea groups is 1. The van der Waals surface area contributed by atoms with Gasteiger partial charge in [0.15, 0.2) is 0 Å². The van der Waals surface area contributed by atoms with Gasteiger partial charge in [-0.25, -0.2) is 4.79 Å². The van der Waals surface area contributed by atoms with Crippen molar-refractivity contribution in [2.24, 2.45) is 0 Å². The van der Waals surface area contributed by atoms with Gasteiger partial charge >= 0.3 is 6.03 Å². The Hall–Kier alpha value is -3.00. The first-order chi connectivity index (χ1) is 9.60. The smallest absolute Gasteiger partial charge is 0.323 e. The van der Waals surface area contributed by atoms with Crippen LogP contribution in [0.25, 0.3) is 0 Å². The second-order valence-corrected chi connectivity index (χ2v) is 4.29. The lowest BCUT2D eigenvalue weighted by atomic mass is 10.1. The maximum atomic E-state index is 11.9. The van der Waals surface area contributed by atoms with Gasteiger partial charge in [0.1, 0.15) is 0 Å². The van der Waals surface area contributed by atoms with Crippen molar-refractivity contribution in [3.05, 3.63) is 53.6 Å². The van der Waals surface area contributed by atoms with Crippen LogP contribution in [-0.2, 0) is 0 Å². The molecule has 100 valence electrons. The second kappa shape index (κ2) is 5.76. The monoisotopic (exact) mass is 266 g/mol. The zero-order chi connectivity index (χ0) is 14.5. The number of hydrogen-bond acceptors (Lipinski definition) is 3. The van der Waals surface area contributed by atoms with Crippen LogP contribution in [0, 0.1) is 18.3 Å². The molecule has 0 bridgehead atoms. The van der Waals surface area contributed by atoms with Crippen molar-refractivity contribution in [2.45, 2.75) is 6.92 Å². The van der Waals surface area contributed by atoms with E-state index in [0.717, 1.165) is 5.56 Å². The number of hydrogen-bond donors (Lipinski definition) is 3. The minimum atomic E-state index is -0.381. The van der Waals surface area contributed by atoms with Crippen molar-refractivity contribution in [3.8, 4) is 6.07 Å². The lowest BCUT2D eigenvalue weighted by molar-refractivity contribution is 0.262. The Morgan fingerprint density at radius 2 is 1.95 bits per heavy atom. The van der Waals surface area contributed by atoms with Crippen molar-refractivity contribution in [1.29, 1.82) is 5.26 Å². The van der Waals surface area contributed by atoms with Gasteiger partial charge < -0.3 is 16.4 Å². The normalized spacial score (nSPS) is 9.60. The standard InChI is InChI=1S/C15H14N4O/c1-10-13(17)6-3-7-14(10)19-15(20)18-12-5-2-4-11(8-12)9-16/h2-8H,17H2,1H3,(H2,18,19,20). The van der Waals surface area contributed by atoms with Gasteiger partial charge in [-0.2, -0.15) is 5.26 Å². The van der Waals surface area contributed by atoms with Crippen LogP contribution < -0.4 is 16.4 Å². The predicted octanol–water partition coefficient (Wildman–Crippen LogP) is 3.09. The molecule has 0 fully saturated rings. The van der Waals surface area contributed by atoms with E-state index < -0.39 is 0 Å². The number of nitrogen functional groups attached to an aromatic ring is 1. The molecule has 0 aliphatic carbocycles. The van der Waals surface area contributed by atoms with Crippen molar-refractivity contribution in [1.82, 2.24) is 0 Å². The highest BCUT2D eigenvalue weighted by Crippen LogP contribution is 2.20. The molecule has 2 aromatic carbocycles. The van der Waals surface area contributed by atoms with E-state index >= 15 is 0 Å². The number of anilines is 3. The Morgan fingerprint density at radius 3 is 2.70 bits per heavy atom.